The van der Waals surface area contributed by atoms with Crippen molar-refractivity contribution in [1.29, 1.82) is 0 Å². The van der Waals surface area contributed by atoms with Crippen LogP contribution in [0.25, 0.3) is 55.1 Å². The molecule has 8 rings (SSSR count). The summed E-state index contributed by atoms with van der Waals surface area (Å²) in [4.78, 5) is 23.9. The highest BCUT2D eigenvalue weighted by Gasteiger charge is 2.13. The molecular weight excluding hydrogens is 738 g/mol. The van der Waals surface area contributed by atoms with E-state index in [2.05, 4.69) is 108 Å². The SMILES string of the molecule is Brc1cccc2ccccc12.Clc1nc(-c2cccc3ccccc23)nc(-c2cccc3ccccc23)n1.Clc1nc(Cl)nc(Cl)n1. The molecule has 6 nitrogen and oxygen atoms in total. The van der Waals surface area contributed by atoms with E-state index in [0.29, 0.717) is 11.6 Å². The Kier molecular flexibility index (Phi) is 10.5. The number of rotatable bonds is 2. The lowest BCUT2D eigenvalue weighted by molar-refractivity contribution is 1.05. The maximum absolute atomic E-state index is 6.29. The Bertz CT molecular complexity index is 2190. The van der Waals surface area contributed by atoms with Gasteiger partial charge in [0.15, 0.2) is 11.6 Å². The van der Waals surface area contributed by atoms with Gasteiger partial charge in [0, 0.05) is 15.6 Å². The van der Waals surface area contributed by atoms with Gasteiger partial charge in [-0.2, -0.15) is 24.9 Å². The van der Waals surface area contributed by atoms with Crippen LogP contribution in [0.2, 0.25) is 21.1 Å². The van der Waals surface area contributed by atoms with Crippen molar-refractivity contribution in [3.63, 3.8) is 0 Å². The average Bonchev–Trinajstić information content (AvgIpc) is 3.08. The second-order valence-corrected chi connectivity index (χ2v) is 12.1. The van der Waals surface area contributed by atoms with E-state index >= 15 is 0 Å². The molecule has 0 aliphatic heterocycles. The molecule has 230 valence electrons. The zero-order valence-corrected chi connectivity index (χ0v) is 28.8. The Labute approximate surface area is 298 Å². The fourth-order valence-electron chi connectivity index (χ4n) is 4.92. The summed E-state index contributed by atoms with van der Waals surface area (Å²) in [6, 6.07) is 43.1. The number of aromatic nitrogens is 6. The molecule has 0 saturated heterocycles. The van der Waals surface area contributed by atoms with E-state index in [1.165, 1.54) is 10.8 Å². The quantitative estimate of drug-likeness (QED) is 0.175. The number of hydrogen-bond acceptors (Lipinski definition) is 6. The third kappa shape index (κ3) is 8.01. The van der Waals surface area contributed by atoms with Gasteiger partial charge in [-0.1, -0.05) is 137 Å². The summed E-state index contributed by atoms with van der Waals surface area (Å²) in [6.07, 6.45) is 0. The lowest BCUT2D eigenvalue weighted by Crippen LogP contribution is -1.98. The number of benzene rings is 6. The molecule has 0 atom stereocenters. The maximum Gasteiger partial charge on any atom is 0.227 e. The van der Waals surface area contributed by atoms with Gasteiger partial charge in [0.05, 0.1) is 0 Å². The van der Waals surface area contributed by atoms with Crippen molar-refractivity contribution in [3.05, 3.63) is 153 Å². The van der Waals surface area contributed by atoms with Crippen molar-refractivity contribution in [3.8, 4) is 22.8 Å². The lowest BCUT2D eigenvalue weighted by Gasteiger charge is -2.09. The summed E-state index contributed by atoms with van der Waals surface area (Å²) in [5, 5.41) is 7.20. The minimum Gasteiger partial charge on any atom is -0.208 e. The van der Waals surface area contributed by atoms with Gasteiger partial charge in [-0.05, 0) is 84.8 Å². The molecule has 0 bridgehead atoms. The molecule has 0 radical (unpaired) electrons. The summed E-state index contributed by atoms with van der Waals surface area (Å²) in [7, 11) is 0. The molecule has 0 fully saturated rings. The van der Waals surface area contributed by atoms with Crippen LogP contribution in [-0.4, -0.2) is 29.9 Å². The summed E-state index contributed by atoms with van der Waals surface area (Å²) in [5.41, 5.74) is 1.89. The first-order valence-electron chi connectivity index (χ1n) is 14.1. The normalized spacial score (nSPS) is 10.7. The third-order valence-electron chi connectivity index (χ3n) is 6.96. The maximum atomic E-state index is 6.29. The van der Waals surface area contributed by atoms with Crippen LogP contribution in [0.5, 0.6) is 0 Å². The van der Waals surface area contributed by atoms with Crippen LogP contribution in [0.3, 0.4) is 0 Å². The van der Waals surface area contributed by atoms with Gasteiger partial charge >= 0.3 is 0 Å². The van der Waals surface area contributed by atoms with Crippen LogP contribution in [0, 0.1) is 0 Å². The molecule has 2 aromatic heterocycles. The second kappa shape index (κ2) is 15.1. The van der Waals surface area contributed by atoms with Crippen LogP contribution in [0.1, 0.15) is 0 Å². The molecule has 8 aromatic rings. The summed E-state index contributed by atoms with van der Waals surface area (Å²) in [6.45, 7) is 0. The predicted octanol–water partition coefficient (Wildman–Crippen LogP) is 11.6. The Balaban J connectivity index is 0.000000157. The van der Waals surface area contributed by atoms with Gasteiger partial charge in [0.2, 0.25) is 21.1 Å². The summed E-state index contributed by atoms with van der Waals surface area (Å²) >= 11 is 25.7. The molecule has 0 spiro atoms. The van der Waals surface area contributed by atoms with Crippen molar-refractivity contribution in [2.45, 2.75) is 0 Å². The first-order chi connectivity index (χ1) is 22.9. The van der Waals surface area contributed by atoms with Crippen LogP contribution in [0.15, 0.2) is 132 Å². The highest BCUT2D eigenvalue weighted by molar-refractivity contribution is 9.10. The molecule has 2 heterocycles. The second-order valence-electron chi connectivity index (χ2n) is 9.91. The smallest absolute Gasteiger partial charge is 0.208 e. The molecule has 6 aromatic carbocycles. The molecule has 47 heavy (non-hydrogen) atoms. The standard InChI is InChI=1S/C23H14ClN3.C10H7Br.C3Cl3N3/c24-23-26-21(19-13-5-9-15-7-1-3-11-17(15)19)25-22(27-23)20-14-6-10-16-8-2-4-12-18(16)20;11-10-7-3-5-8-4-1-2-6-9(8)10;4-1-7-2(5)9-3(6)8-1/h1-14H;1-7H;. The van der Waals surface area contributed by atoms with E-state index in [1.807, 2.05) is 60.7 Å². The van der Waals surface area contributed by atoms with Crippen molar-refractivity contribution >= 4 is 94.7 Å². The highest BCUT2D eigenvalue weighted by atomic mass is 79.9. The predicted molar refractivity (Wildman–Crippen MR) is 197 cm³/mol. The van der Waals surface area contributed by atoms with Crippen molar-refractivity contribution in [2.75, 3.05) is 0 Å². The van der Waals surface area contributed by atoms with Gasteiger partial charge < -0.3 is 0 Å². The fraction of sp³-hybridized carbons (Fsp3) is 0. The van der Waals surface area contributed by atoms with Gasteiger partial charge in [0.1, 0.15) is 0 Å². The van der Waals surface area contributed by atoms with Gasteiger partial charge in [-0.15, -0.1) is 0 Å². The largest absolute Gasteiger partial charge is 0.227 e. The van der Waals surface area contributed by atoms with Crippen molar-refractivity contribution in [2.24, 2.45) is 0 Å². The Hall–Kier alpha value is -4.24. The van der Waals surface area contributed by atoms with E-state index < -0.39 is 0 Å². The first-order valence-corrected chi connectivity index (χ1v) is 16.4. The Morgan fingerprint density at radius 1 is 0.340 bits per heavy atom. The zero-order chi connectivity index (χ0) is 32.8. The number of fused-ring (bicyclic) bond motifs is 3. The minimum atomic E-state index is 0.000000000000000444. The van der Waals surface area contributed by atoms with Gasteiger partial charge in [-0.25, -0.2) is 4.98 Å². The van der Waals surface area contributed by atoms with Crippen LogP contribution >= 0.6 is 62.3 Å². The number of nitrogens with zero attached hydrogens (tertiary/aromatic N) is 6. The summed E-state index contributed by atoms with van der Waals surface area (Å²) < 4.78 is 1.16. The third-order valence-corrected chi connectivity index (χ3v) is 8.33. The summed E-state index contributed by atoms with van der Waals surface area (Å²) in [5.74, 6) is 1.16. The topological polar surface area (TPSA) is 77.3 Å². The van der Waals surface area contributed by atoms with E-state index in [-0.39, 0.29) is 21.1 Å². The van der Waals surface area contributed by atoms with Gasteiger partial charge in [0.25, 0.3) is 0 Å². The van der Waals surface area contributed by atoms with Crippen LogP contribution in [-0.2, 0) is 0 Å². The fourth-order valence-corrected chi connectivity index (χ4v) is 6.20. The van der Waals surface area contributed by atoms with Crippen molar-refractivity contribution in [1.82, 2.24) is 29.9 Å². The number of halogens is 5. The monoisotopic (exact) mass is 756 g/mol. The van der Waals surface area contributed by atoms with Crippen LogP contribution < -0.4 is 0 Å². The minimum absolute atomic E-state index is 0.000000000000000444. The molecule has 0 saturated carbocycles. The van der Waals surface area contributed by atoms with E-state index in [0.717, 1.165) is 37.1 Å². The van der Waals surface area contributed by atoms with Gasteiger partial charge in [-0.3, -0.25) is 0 Å². The van der Waals surface area contributed by atoms with E-state index in [4.69, 9.17) is 51.4 Å². The van der Waals surface area contributed by atoms with Crippen LogP contribution in [0.4, 0.5) is 0 Å². The molecule has 0 N–H and O–H groups in total. The average molecular weight is 759 g/mol. The number of hydrogen-bond donors (Lipinski definition) is 0. The molecule has 11 heteroatoms. The highest BCUT2D eigenvalue weighted by Crippen LogP contribution is 2.31. The van der Waals surface area contributed by atoms with Crippen molar-refractivity contribution < 1.29 is 0 Å². The molecule has 0 aliphatic rings. The molecular formula is C36H21BrCl4N6. The molecule has 0 amide bonds. The van der Waals surface area contributed by atoms with E-state index in [1.54, 1.807) is 0 Å². The Morgan fingerprint density at radius 3 is 1.13 bits per heavy atom. The molecule has 0 aliphatic carbocycles. The zero-order valence-electron chi connectivity index (χ0n) is 24.2. The lowest BCUT2D eigenvalue weighted by atomic mass is 10.0. The van der Waals surface area contributed by atoms with E-state index in [9.17, 15) is 0 Å². The first kappa shape index (κ1) is 32.7. The molecule has 0 unspecified atom stereocenters. The Morgan fingerprint density at radius 2 is 0.681 bits per heavy atom.